The van der Waals surface area contributed by atoms with Crippen molar-refractivity contribution in [2.75, 3.05) is 5.43 Å². The van der Waals surface area contributed by atoms with Crippen molar-refractivity contribution in [2.45, 2.75) is 6.54 Å². The number of nitrogens with one attached hydrogen (secondary N) is 1. The van der Waals surface area contributed by atoms with Crippen molar-refractivity contribution < 1.29 is 5.11 Å². The van der Waals surface area contributed by atoms with Crippen LogP contribution in [-0.4, -0.2) is 9.78 Å². The summed E-state index contributed by atoms with van der Waals surface area (Å²) in [6.45, 7) is 0.583. The minimum atomic E-state index is 0.289. The van der Waals surface area contributed by atoms with Crippen molar-refractivity contribution in [3.8, 4) is 5.75 Å². The first-order chi connectivity index (χ1) is 7.27. The van der Waals surface area contributed by atoms with Gasteiger partial charge in [-0.25, -0.2) is 0 Å². The standard InChI is InChI=1S/C11H11BrN2O/c12-10-5-3-4-9(11(10)15)8-13-14-6-1-2-7-14/h1-7,13,15H,8H2. The number of benzene rings is 1. The van der Waals surface area contributed by atoms with Crippen LogP contribution in [0.5, 0.6) is 5.75 Å². The topological polar surface area (TPSA) is 37.2 Å². The van der Waals surface area contributed by atoms with Crippen LogP contribution >= 0.6 is 15.9 Å². The third kappa shape index (κ3) is 2.33. The molecule has 0 unspecified atom stereocenters. The van der Waals surface area contributed by atoms with Gasteiger partial charge in [-0.15, -0.1) is 0 Å². The lowest BCUT2D eigenvalue weighted by Crippen LogP contribution is -2.11. The summed E-state index contributed by atoms with van der Waals surface area (Å²) in [6.07, 6.45) is 3.82. The van der Waals surface area contributed by atoms with Crippen molar-refractivity contribution in [1.82, 2.24) is 4.68 Å². The van der Waals surface area contributed by atoms with E-state index in [1.165, 1.54) is 0 Å². The first kappa shape index (κ1) is 10.1. The van der Waals surface area contributed by atoms with Gasteiger partial charge < -0.3 is 10.5 Å². The summed E-state index contributed by atoms with van der Waals surface area (Å²) in [5.41, 5.74) is 4.00. The molecule has 0 fully saturated rings. The monoisotopic (exact) mass is 266 g/mol. The molecule has 2 rings (SSSR count). The second-order valence-corrected chi connectivity index (χ2v) is 4.03. The maximum atomic E-state index is 9.73. The zero-order valence-electron chi connectivity index (χ0n) is 8.02. The van der Waals surface area contributed by atoms with Gasteiger partial charge >= 0.3 is 0 Å². The van der Waals surface area contributed by atoms with E-state index in [4.69, 9.17) is 0 Å². The van der Waals surface area contributed by atoms with Crippen LogP contribution in [0.4, 0.5) is 0 Å². The average molecular weight is 267 g/mol. The number of aromatic nitrogens is 1. The predicted octanol–water partition coefficient (Wildman–Crippen LogP) is 2.70. The first-order valence-electron chi connectivity index (χ1n) is 4.60. The largest absolute Gasteiger partial charge is 0.506 e. The fourth-order valence-corrected chi connectivity index (χ4v) is 1.73. The smallest absolute Gasteiger partial charge is 0.134 e. The van der Waals surface area contributed by atoms with Gasteiger partial charge in [0, 0.05) is 18.0 Å². The van der Waals surface area contributed by atoms with Crippen LogP contribution in [0.15, 0.2) is 47.2 Å². The Balaban J connectivity index is 2.08. The molecule has 0 bridgehead atoms. The summed E-state index contributed by atoms with van der Waals surface area (Å²) in [7, 11) is 0. The van der Waals surface area contributed by atoms with Gasteiger partial charge in [0.25, 0.3) is 0 Å². The lowest BCUT2D eigenvalue weighted by Gasteiger charge is -2.09. The van der Waals surface area contributed by atoms with E-state index in [-0.39, 0.29) is 5.75 Å². The van der Waals surface area contributed by atoms with Crippen LogP contribution in [0.3, 0.4) is 0 Å². The number of para-hydroxylation sites is 1. The van der Waals surface area contributed by atoms with Gasteiger partial charge in [0.05, 0.1) is 11.0 Å². The Hall–Kier alpha value is -1.42. The lowest BCUT2D eigenvalue weighted by atomic mass is 10.2. The molecule has 78 valence electrons. The molecule has 0 amide bonds. The zero-order chi connectivity index (χ0) is 10.7. The first-order valence-corrected chi connectivity index (χ1v) is 5.40. The number of nitrogens with zero attached hydrogens (tertiary/aromatic N) is 1. The van der Waals surface area contributed by atoms with Crippen LogP contribution in [-0.2, 0) is 6.54 Å². The Bertz CT molecular complexity index is 440. The summed E-state index contributed by atoms with van der Waals surface area (Å²) in [5.74, 6) is 0.289. The summed E-state index contributed by atoms with van der Waals surface area (Å²) >= 11 is 3.28. The van der Waals surface area contributed by atoms with E-state index in [0.717, 1.165) is 5.56 Å². The molecule has 0 spiro atoms. The van der Waals surface area contributed by atoms with E-state index in [1.807, 2.05) is 47.4 Å². The number of hydrogen-bond donors (Lipinski definition) is 2. The molecule has 1 heterocycles. The average Bonchev–Trinajstić information content (AvgIpc) is 2.73. The van der Waals surface area contributed by atoms with Gasteiger partial charge in [-0.3, -0.25) is 4.68 Å². The molecule has 0 radical (unpaired) electrons. The molecule has 3 nitrogen and oxygen atoms in total. The Labute approximate surface area is 96.5 Å². The second-order valence-electron chi connectivity index (χ2n) is 3.17. The van der Waals surface area contributed by atoms with Gasteiger partial charge in [-0.1, -0.05) is 12.1 Å². The van der Waals surface area contributed by atoms with Crippen molar-refractivity contribution in [1.29, 1.82) is 0 Å². The number of phenols is 1. The number of hydrogen-bond acceptors (Lipinski definition) is 2. The van der Waals surface area contributed by atoms with Gasteiger partial charge in [0.1, 0.15) is 5.75 Å². The maximum Gasteiger partial charge on any atom is 0.134 e. The summed E-state index contributed by atoms with van der Waals surface area (Å²) in [6, 6.07) is 9.48. The quantitative estimate of drug-likeness (QED) is 0.897. The molecule has 0 aliphatic carbocycles. The molecule has 0 saturated heterocycles. The van der Waals surface area contributed by atoms with E-state index < -0.39 is 0 Å². The minimum absolute atomic E-state index is 0.289. The highest BCUT2D eigenvalue weighted by atomic mass is 79.9. The fourth-order valence-electron chi connectivity index (χ4n) is 1.32. The Morgan fingerprint density at radius 1 is 1.20 bits per heavy atom. The molecule has 0 aliphatic heterocycles. The van der Waals surface area contributed by atoms with E-state index in [1.54, 1.807) is 0 Å². The molecule has 2 N–H and O–H groups in total. The van der Waals surface area contributed by atoms with E-state index in [0.29, 0.717) is 11.0 Å². The summed E-state index contributed by atoms with van der Waals surface area (Å²) < 4.78 is 2.56. The molecule has 1 aromatic heterocycles. The SMILES string of the molecule is Oc1c(Br)cccc1CNn1cccc1. The molecular weight excluding hydrogens is 256 g/mol. The van der Waals surface area contributed by atoms with Gasteiger partial charge in [-0.05, 0) is 34.1 Å². The van der Waals surface area contributed by atoms with Gasteiger partial charge in [0.15, 0.2) is 0 Å². The van der Waals surface area contributed by atoms with Crippen molar-refractivity contribution in [3.63, 3.8) is 0 Å². The minimum Gasteiger partial charge on any atom is -0.506 e. The maximum absolute atomic E-state index is 9.73. The molecule has 4 heteroatoms. The van der Waals surface area contributed by atoms with Crippen LogP contribution < -0.4 is 5.43 Å². The van der Waals surface area contributed by atoms with Crippen molar-refractivity contribution in [2.24, 2.45) is 0 Å². The van der Waals surface area contributed by atoms with Gasteiger partial charge in [-0.2, -0.15) is 0 Å². The van der Waals surface area contributed by atoms with Crippen LogP contribution in [0.1, 0.15) is 5.56 Å². The number of aromatic hydroxyl groups is 1. The van der Waals surface area contributed by atoms with Crippen molar-refractivity contribution in [3.05, 3.63) is 52.8 Å². The summed E-state index contributed by atoms with van der Waals surface area (Å²) in [5, 5.41) is 9.73. The second kappa shape index (κ2) is 4.40. The normalized spacial score (nSPS) is 10.2. The Kier molecular flexibility index (Phi) is 2.97. The highest BCUT2D eigenvalue weighted by Crippen LogP contribution is 2.27. The molecule has 2 aromatic rings. The van der Waals surface area contributed by atoms with Crippen LogP contribution in [0, 0.1) is 0 Å². The highest BCUT2D eigenvalue weighted by Gasteiger charge is 2.03. The molecule has 15 heavy (non-hydrogen) atoms. The number of rotatable bonds is 3. The van der Waals surface area contributed by atoms with E-state index in [9.17, 15) is 5.11 Å². The third-order valence-corrected chi connectivity index (χ3v) is 2.77. The Morgan fingerprint density at radius 3 is 2.67 bits per heavy atom. The Morgan fingerprint density at radius 2 is 1.93 bits per heavy atom. The van der Waals surface area contributed by atoms with E-state index >= 15 is 0 Å². The predicted molar refractivity (Wildman–Crippen MR) is 63.3 cm³/mol. The highest BCUT2D eigenvalue weighted by molar-refractivity contribution is 9.10. The van der Waals surface area contributed by atoms with E-state index in [2.05, 4.69) is 21.4 Å². The fraction of sp³-hybridized carbons (Fsp3) is 0.0909. The molecule has 0 aliphatic rings. The molecule has 0 saturated carbocycles. The van der Waals surface area contributed by atoms with Gasteiger partial charge in [0.2, 0.25) is 0 Å². The molecule has 0 atom stereocenters. The molecular formula is C11H11BrN2O. The zero-order valence-corrected chi connectivity index (χ0v) is 9.61. The van der Waals surface area contributed by atoms with Crippen LogP contribution in [0.2, 0.25) is 0 Å². The van der Waals surface area contributed by atoms with Crippen molar-refractivity contribution >= 4 is 15.9 Å². The number of halogens is 1. The third-order valence-electron chi connectivity index (χ3n) is 2.13. The lowest BCUT2D eigenvalue weighted by molar-refractivity contribution is 0.465. The molecule has 1 aromatic carbocycles. The van der Waals surface area contributed by atoms with Crippen LogP contribution in [0.25, 0.3) is 0 Å². The summed E-state index contributed by atoms with van der Waals surface area (Å²) in [4.78, 5) is 0. The number of phenolic OH excluding ortho intramolecular Hbond substituents is 1.